The van der Waals surface area contributed by atoms with Crippen LogP contribution in [0.15, 0.2) is 80.7 Å². The molecule has 7 heteroatoms. The molecular weight excluding hydrogens is 344 g/mol. The molecule has 5 aromatic rings. The molecule has 0 aliphatic carbocycles. The van der Waals surface area contributed by atoms with Crippen LogP contribution in [0.5, 0.6) is 0 Å². The van der Waals surface area contributed by atoms with Crippen LogP contribution in [0.2, 0.25) is 0 Å². The number of nitrogens with zero attached hydrogens (tertiary/aromatic N) is 3. The Balaban J connectivity index is 1.81. The normalized spacial score (nSPS) is 11.3. The molecule has 0 unspecified atom stereocenters. The molecule has 27 heavy (non-hydrogen) atoms. The second-order valence-electron chi connectivity index (χ2n) is 6.05. The zero-order chi connectivity index (χ0) is 18.4. The quantitative estimate of drug-likeness (QED) is 0.491. The Bertz CT molecular complexity index is 1410. The summed E-state index contributed by atoms with van der Waals surface area (Å²) in [5.74, 6) is 0.214. The van der Waals surface area contributed by atoms with Crippen molar-refractivity contribution in [1.82, 2.24) is 19.8 Å². The molecule has 0 saturated carbocycles. The number of rotatable bonds is 2. The lowest BCUT2D eigenvalue weighted by Crippen LogP contribution is -2.17. The third-order valence-electron chi connectivity index (χ3n) is 4.36. The summed E-state index contributed by atoms with van der Waals surface area (Å²) in [6.45, 7) is 0. The predicted octanol–water partition coefficient (Wildman–Crippen LogP) is 2.86. The highest BCUT2D eigenvalue weighted by molar-refractivity contribution is 5.80. The second kappa shape index (κ2) is 5.77. The number of fused-ring (bicyclic) bond motifs is 2. The van der Waals surface area contributed by atoms with Crippen molar-refractivity contribution in [2.45, 2.75) is 0 Å². The van der Waals surface area contributed by atoms with Gasteiger partial charge in [-0.2, -0.15) is 10.2 Å². The van der Waals surface area contributed by atoms with E-state index in [1.165, 1.54) is 4.52 Å². The minimum atomic E-state index is -0.550. The van der Waals surface area contributed by atoms with E-state index in [4.69, 9.17) is 4.42 Å². The van der Waals surface area contributed by atoms with Gasteiger partial charge >= 0.3 is 5.63 Å². The van der Waals surface area contributed by atoms with Gasteiger partial charge in [0.05, 0.1) is 5.69 Å². The maximum absolute atomic E-state index is 12.5. The summed E-state index contributed by atoms with van der Waals surface area (Å²) in [5.41, 5.74) is 1.53. The van der Waals surface area contributed by atoms with Crippen molar-refractivity contribution < 1.29 is 4.42 Å². The summed E-state index contributed by atoms with van der Waals surface area (Å²) in [6, 6.07) is 20.0. The predicted molar refractivity (Wildman–Crippen MR) is 101 cm³/mol. The first-order valence-electron chi connectivity index (χ1n) is 8.28. The fourth-order valence-corrected chi connectivity index (χ4v) is 3.05. The van der Waals surface area contributed by atoms with Crippen LogP contribution in [0.3, 0.4) is 0 Å². The summed E-state index contributed by atoms with van der Waals surface area (Å²) < 4.78 is 6.77. The van der Waals surface area contributed by atoms with Crippen LogP contribution in [0.25, 0.3) is 39.1 Å². The van der Waals surface area contributed by atoms with Crippen molar-refractivity contribution >= 4 is 16.5 Å². The van der Waals surface area contributed by atoms with Gasteiger partial charge in [-0.25, -0.2) is 14.4 Å². The van der Waals surface area contributed by atoms with Gasteiger partial charge in [0.25, 0.3) is 5.56 Å². The van der Waals surface area contributed by atoms with Gasteiger partial charge in [-0.3, -0.25) is 4.79 Å². The minimum Gasteiger partial charge on any atom is -0.422 e. The van der Waals surface area contributed by atoms with Crippen molar-refractivity contribution in [3.63, 3.8) is 0 Å². The molecule has 130 valence electrons. The Morgan fingerprint density at radius 3 is 2.56 bits per heavy atom. The van der Waals surface area contributed by atoms with Gasteiger partial charge in [-0.1, -0.05) is 48.5 Å². The topological polar surface area (TPSA) is 93.3 Å². The first-order valence-corrected chi connectivity index (χ1v) is 8.28. The maximum atomic E-state index is 12.5. The molecule has 0 aliphatic heterocycles. The fourth-order valence-electron chi connectivity index (χ4n) is 3.05. The van der Waals surface area contributed by atoms with Gasteiger partial charge in [0.1, 0.15) is 16.7 Å². The Kier molecular flexibility index (Phi) is 3.26. The molecule has 0 saturated heterocycles. The van der Waals surface area contributed by atoms with Gasteiger partial charge < -0.3 is 4.42 Å². The summed E-state index contributed by atoms with van der Waals surface area (Å²) in [6.07, 6.45) is 0. The molecule has 5 rings (SSSR count). The van der Waals surface area contributed by atoms with Gasteiger partial charge in [0, 0.05) is 10.9 Å². The molecule has 1 N–H and O–H groups in total. The SMILES string of the molecule is O=c1oc2ccccc2cc1-c1n[nH]c(=O)c2cc(-c3ccccc3)nn12. The summed E-state index contributed by atoms with van der Waals surface area (Å²) in [7, 11) is 0. The average molecular weight is 356 g/mol. The number of hydrogen-bond acceptors (Lipinski definition) is 5. The van der Waals surface area contributed by atoms with E-state index in [9.17, 15) is 9.59 Å². The third-order valence-corrected chi connectivity index (χ3v) is 4.36. The molecule has 3 aromatic heterocycles. The molecule has 7 nitrogen and oxygen atoms in total. The van der Waals surface area contributed by atoms with Crippen molar-refractivity contribution in [3.05, 3.63) is 87.5 Å². The van der Waals surface area contributed by atoms with E-state index in [-0.39, 0.29) is 11.4 Å². The third kappa shape index (κ3) is 2.44. The molecule has 0 fully saturated rings. The average Bonchev–Trinajstić information content (AvgIpc) is 3.15. The molecule has 0 atom stereocenters. The minimum absolute atomic E-state index is 0.214. The lowest BCUT2D eigenvalue weighted by molar-refractivity contribution is 0.562. The number of hydrogen-bond donors (Lipinski definition) is 1. The second-order valence-corrected chi connectivity index (χ2v) is 6.05. The van der Waals surface area contributed by atoms with E-state index < -0.39 is 11.2 Å². The van der Waals surface area contributed by atoms with E-state index in [0.29, 0.717) is 16.8 Å². The van der Waals surface area contributed by atoms with Crippen LogP contribution in [0.1, 0.15) is 0 Å². The highest BCUT2D eigenvalue weighted by Crippen LogP contribution is 2.22. The number of aromatic amines is 1. The van der Waals surface area contributed by atoms with Crippen LogP contribution in [0, 0.1) is 0 Å². The lowest BCUT2D eigenvalue weighted by atomic mass is 10.1. The standard InChI is InChI=1S/C20H12N4O3/c25-19-16-11-15(12-6-2-1-3-7-12)23-24(16)18(21-22-19)14-10-13-8-4-5-9-17(13)27-20(14)26/h1-11H,(H,22,25). The van der Waals surface area contributed by atoms with E-state index in [1.54, 1.807) is 24.3 Å². The molecule has 0 bridgehead atoms. The monoisotopic (exact) mass is 356 g/mol. The number of nitrogens with one attached hydrogen (secondary N) is 1. The van der Waals surface area contributed by atoms with Crippen LogP contribution in [-0.2, 0) is 0 Å². The molecule has 0 amide bonds. The van der Waals surface area contributed by atoms with Gasteiger partial charge in [-0.05, 0) is 18.2 Å². The lowest BCUT2D eigenvalue weighted by Gasteiger charge is -2.03. The Hall–Kier alpha value is -4.00. The zero-order valence-corrected chi connectivity index (χ0v) is 13.9. The highest BCUT2D eigenvalue weighted by Gasteiger charge is 2.17. The van der Waals surface area contributed by atoms with Gasteiger partial charge in [0.2, 0.25) is 0 Å². The highest BCUT2D eigenvalue weighted by atomic mass is 16.4. The molecule has 0 spiro atoms. The zero-order valence-electron chi connectivity index (χ0n) is 13.9. The largest absolute Gasteiger partial charge is 0.422 e. The Labute approximate surface area is 151 Å². The van der Waals surface area contributed by atoms with Crippen LogP contribution < -0.4 is 11.2 Å². The first-order chi connectivity index (χ1) is 13.2. The Morgan fingerprint density at radius 2 is 1.70 bits per heavy atom. The van der Waals surface area contributed by atoms with Gasteiger partial charge in [-0.15, -0.1) is 0 Å². The van der Waals surface area contributed by atoms with Crippen LogP contribution in [0.4, 0.5) is 0 Å². The van der Waals surface area contributed by atoms with Crippen molar-refractivity contribution in [2.24, 2.45) is 0 Å². The number of aromatic nitrogens is 4. The maximum Gasteiger partial charge on any atom is 0.347 e. The molecule has 3 heterocycles. The van der Waals surface area contributed by atoms with E-state index >= 15 is 0 Å². The number of H-pyrrole nitrogens is 1. The summed E-state index contributed by atoms with van der Waals surface area (Å²) in [4.78, 5) is 24.7. The molecule has 0 aliphatic rings. The molecule has 0 radical (unpaired) electrons. The van der Waals surface area contributed by atoms with Crippen molar-refractivity contribution in [2.75, 3.05) is 0 Å². The van der Waals surface area contributed by atoms with Crippen molar-refractivity contribution in [1.29, 1.82) is 0 Å². The van der Waals surface area contributed by atoms with Gasteiger partial charge in [0.15, 0.2) is 5.82 Å². The van der Waals surface area contributed by atoms with E-state index in [0.717, 1.165) is 10.9 Å². The van der Waals surface area contributed by atoms with Crippen LogP contribution >= 0.6 is 0 Å². The molecular formula is C20H12N4O3. The van der Waals surface area contributed by atoms with Crippen molar-refractivity contribution in [3.8, 4) is 22.6 Å². The summed E-state index contributed by atoms with van der Waals surface area (Å²) in [5, 5.41) is 11.7. The fraction of sp³-hybridized carbons (Fsp3) is 0. The molecule has 2 aromatic carbocycles. The van der Waals surface area contributed by atoms with E-state index in [2.05, 4.69) is 15.3 Å². The Morgan fingerprint density at radius 1 is 0.926 bits per heavy atom. The number of para-hydroxylation sites is 1. The first kappa shape index (κ1) is 15.3. The number of benzene rings is 2. The summed E-state index contributed by atoms with van der Waals surface area (Å²) >= 11 is 0. The van der Waals surface area contributed by atoms with Crippen LogP contribution in [-0.4, -0.2) is 19.8 Å². The van der Waals surface area contributed by atoms with E-state index in [1.807, 2.05) is 42.5 Å². The smallest absolute Gasteiger partial charge is 0.347 e.